The zero-order valence-corrected chi connectivity index (χ0v) is 11.6. The van der Waals surface area contributed by atoms with E-state index in [4.69, 9.17) is 9.84 Å². The molecule has 0 atom stereocenters. The number of para-hydroxylation sites is 1. The number of carboxylic acid groups (broad SMARTS) is 1. The SMILES string of the molecule is O=C(O)c1ccc(Oc2c(Br)cccc2[N+](=O)[O-])s1. The number of rotatable bonds is 4. The summed E-state index contributed by atoms with van der Waals surface area (Å²) >= 11 is 4.07. The fourth-order valence-corrected chi connectivity index (χ4v) is 2.47. The number of nitro benzene ring substituents is 1. The van der Waals surface area contributed by atoms with E-state index in [2.05, 4.69) is 15.9 Å². The van der Waals surface area contributed by atoms with Gasteiger partial charge in [-0.15, -0.1) is 0 Å². The van der Waals surface area contributed by atoms with Crippen molar-refractivity contribution < 1.29 is 19.6 Å². The van der Waals surface area contributed by atoms with Gasteiger partial charge in [-0.2, -0.15) is 0 Å². The van der Waals surface area contributed by atoms with Crippen LogP contribution in [0.4, 0.5) is 5.69 Å². The van der Waals surface area contributed by atoms with E-state index in [9.17, 15) is 14.9 Å². The lowest BCUT2D eigenvalue weighted by Gasteiger charge is -2.05. The molecule has 1 heterocycles. The minimum Gasteiger partial charge on any atom is -0.477 e. The lowest BCUT2D eigenvalue weighted by atomic mass is 10.3. The first-order chi connectivity index (χ1) is 8.99. The molecule has 0 aliphatic heterocycles. The molecule has 19 heavy (non-hydrogen) atoms. The predicted octanol–water partition coefficient (Wildman–Crippen LogP) is 3.91. The van der Waals surface area contributed by atoms with E-state index in [1.54, 1.807) is 6.07 Å². The average molecular weight is 344 g/mol. The number of carboxylic acids is 1. The second-order valence-electron chi connectivity index (χ2n) is 3.37. The van der Waals surface area contributed by atoms with Crippen molar-refractivity contribution in [3.63, 3.8) is 0 Å². The van der Waals surface area contributed by atoms with E-state index in [1.165, 1.54) is 24.3 Å². The number of ether oxygens (including phenoxy) is 1. The van der Waals surface area contributed by atoms with Gasteiger partial charge in [-0.25, -0.2) is 4.79 Å². The largest absolute Gasteiger partial charge is 0.477 e. The normalized spacial score (nSPS) is 10.2. The van der Waals surface area contributed by atoms with Crippen molar-refractivity contribution >= 4 is 38.9 Å². The molecule has 0 amide bonds. The summed E-state index contributed by atoms with van der Waals surface area (Å²) in [5, 5.41) is 20.0. The predicted molar refractivity (Wildman–Crippen MR) is 72.1 cm³/mol. The Morgan fingerprint density at radius 2 is 2.11 bits per heavy atom. The Bertz CT molecular complexity index is 654. The molecule has 0 radical (unpaired) electrons. The Hall–Kier alpha value is -1.93. The maximum atomic E-state index is 10.9. The average Bonchev–Trinajstić information content (AvgIpc) is 2.80. The summed E-state index contributed by atoms with van der Waals surface area (Å²) in [5.74, 6) is -1.02. The summed E-state index contributed by atoms with van der Waals surface area (Å²) < 4.78 is 5.82. The van der Waals surface area contributed by atoms with Crippen molar-refractivity contribution in [2.75, 3.05) is 0 Å². The number of aromatic carboxylic acids is 1. The molecule has 1 aromatic heterocycles. The number of nitro groups is 1. The monoisotopic (exact) mass is 343 g/mol. The third-order valence-electron chi connectivity index (χ3n) is 2.14. The lowest BCUT2D eigenvalue weighted by molar-refractivity contribution is -0.385. The van der Waals surface area contributed by atoms with Gasteiger partial charge in [0, 0.05) is 6.07 Å². The second-order valence-corrected chi connectivity index (χ2v) is 5.27. The van der Waals surface area contributed by atoms with E-state index < -0.39 is 10.9 Å². The molecule has 0 aliphatic rings. The maximum absolute atomic E-state index is 10.9. The second kappa shape index (κ2) is 5.37. The van der Waals surface area contributed by atoms with Gasteiger partial charge < -0.3 is 9.84 Å². The summed E-state index contributed by atoms with van der Waals surface area (Å²) in [7, 11) is 0. The van der Waals surface area contributed by atoms with Crippen LogP contribution in [0.3, 0.4) is 0 Å². The molecule has 8 heteroatoms. The van der Waals surface area contributed by atoms with Crippen LogP contribution >= 0.6 is 27.3 Å². The fraction of sp³-hybridized carbons (Fsp3) is 0. The Balaban J connectivity index is 2.37. The summed E-state index contributed by atoms with van der Waals surface area (Å²) in [4.78, 5) is 21.2. The number of nitrogens with zero attached hydrogens (tertiary/aromatic N) is 1. The van der Waals surface area contributed by atoms with Crippen LogP contribution in [0.2, 0.25) is 0 Å². The molecule has 0 bridgehead atoms. The van der Waals surface area contributed by atoms with Gasteiger partial charge in [0.05, 0.1) is 9.40 Å². The van der Waals surface area contributed by atoms with Gasteiger partial charge in [0.15, 0.2) is 5.06 Å². The topological polar surface area (TPSA) is 89.7 Å². The molecule has 2 rings (SSSR count). The summed E-state index contributed by atoms with van der Waals surface area (Å²) in [6.07, 6.45) is 0. The third kappa shape index (κ3) is 2.91. The van der Waals surface area contributed by atoms with Gasteiger partial charge in [-0.05, 0) is 34.1 Å². The van der Waals surface area contributed by atoms with Gasteiger partial charge in [-0.1, -0.05) is 17.4 Å². The Kier molecular flexibility index (Phi) is 3.82. The van der Waals surface area contributed by atoms with Gasteiger partial charge in [-0.3, -0.25) is 10.1 Å². The van der Waals surface area contributed by atoms with E-state index in [0.29, 0.717) is 4.47 Å². The first-order valence-electron chi connectivity index (χ1n) is 4.93. The number of halogens is 1. The van der Waals surface area contributed by atoms with Crippen molar-refractivity contribution in [3.8, 4) is 10.8 Å². The molecule has 0 aliphatic carbocycles. The highest BCUT2D eigenvalue weighted by Crippen LogP contribution is 2.39. The Morgan fingerprint density at radius 3 is 2.68 bits per heavy atom. The van der Waals surface area contributed by atoms with Crippen LogP contribution in [0.25, 0.3) is 0 Å². The van der Waals surface area contributed by atoms with E-state index in [1.807, 2.05) is 0 Å². The van der Waals surface area contributed by atoms with E-state index in [-0.39, 0.29) is 21.4 Å². The fourth-order valence-electron chi connectivity index (χ4n) is 1.33. The highest BCUT2D eigenvalue weighted by Gasteiger charge is 2.19. The number of benzene rings is 1. The first-order valence-corrected chi connectivity index (χ1v) is 6.54. The van der Waals surface area contributed by atoms with Crippen molar-refractivity contribution in [1.82, 2.24) is 0 Å². The van der Waals surface area contributed by atoms with Crippen LogP contribution in [-0.4, -0.2) is 16.0 Å². The molecule has 6 nitrogen and oxygen atoms in total. The number of thiophene rings is 1. The van der Waals surface area contributed by atoms with Gasteiger partial charge >= 0.3 is 11.7 Å². The molecule has 2 aromatic rings. The summed E-state index contributed by atoms with van der Waals surface area (Å²) in [6.45, 7) is 0. The van der Waals surface area contributed by atoms with Crippen LogP contribution in [0.15, 0.2) is 34.8 Å². The number of carbonyl (C=O) groups is 1. The zero-order valence-electron chi connectivity index (χ0n) is 9.20. The van der Waals surface area contributed by atoms with Crippen LogP contribution in [0.1, 0.15) is 9.67 Å². The van der Waals surface area contributed by atoms with E-state index in [0.717, 1.165) is 11.3 Å². The van der Waals surface area contributed by atoms with E-state index >= 15 is 0 Å². The lowest BCUT2D eigenvalue weighted by Crippen LogP contribution is -1.93. The third-order valence-corrected chi connectivity index (χ3v) is 3.71. The highest BCUT2D eigenvalue weighted by molar-refractivity contribution is 9.10. The van der Waals surface area contributed by atoms with Crippen molar-refractivity contribution in [3.05, 3.63) is 49.8 Å². The molecule has 0 unspecified atom stereocenters. The molecule has 1 aromatic carbocycles. The number of hydrogen-bond donors (Lipinski definition) is 1. The molecule has 0 fully saturated rings. The molecule has 0 saturated carbocycles. The van der Waals surface area contributed by atoms with Crippen LogP contribution in [0.5, 0.6) is 10.8 Å². The molecule has 0 spiro atoms. The minimum absolute atomic E-state index is 0.0475. The van der Waals surface area contributed by atoms with Gasteiger partial charge in [0.25, 0.3) is 0 Å². The molecular weight excluding hydrogens is 338 g/mol. The smallest absolute Gasteiger partial charge is 0.345 e. The van der Waals surface area contributed by atoms with Crippen molar-refractivity contribution in [1.29, 1.82) is 0 Å². The molecule has 0 saturated heterocycles. The van der Waals surface area contributed by atoms with Crippen LogP contribution in [0, 0.1) is 10.1 Å². The van der Waals surface area contributed by atoms with Crippen molar-refractivity contribution in [2.24, 2.45) is 0 Å². The van der Waals surface area contributed by atoms with Crippen LogP contribution < -0.4 is 4.74 Å². The molecule has 98 valence electrons. The Morgan fingerprint density at radius 1 is 1.37 bits per heavy atom. The van der Waals surface area contributed by atoms with Gasteiger partial charge in [0.1, 0.15) is 4.88 Å². The molecular formula is C11H6BrNO5S. The zero-order chi connectivity index (χ0) is 14.0. The van der Waals surface area contributed by atoms with Gasteiger partial charge in [0.2, 0.25) is 5.75 Å². The minimum atomic E-state index is -1.07. The quantitative estimate of drug-likeness (QED) is 0.671. The maximum Gasteiger partial charge on any atom is 0.345 e. The van der Waals surface area contributed by atoms with Crippen LogP contribution in [-0.2, 0) is 0 Å². The highest BCUT2D eigenvalue weighted by atomic mass is 79.9. The van der Waals surface area contributed by atoms with Crippen molar-refractivity contribution in [2.45, 2.75) is 0 Å². The Labute approximate surface area is 119 Å². The first kappa shape index (κ1) is 13.5. The number of hydrogen-bond acceptors (Lipinski definition) is 5. The molecule has 1 N–H and O–H groups in total. The standard InChI is InChI=1S/C11H6BrNO5S/c12-6-2-1-3-7(13(16)17)10(6)18-9-5-4-8(19-9)11(14)15/h1-5H,(H,14,15). The summed E-state index contributed by atoms with van der Waals surface area (Å²) in [5.41, 5.74) is -0.195. The summed E-state index contributed by atoms with van der Waals surface area (Å²) in [6, 6.07) is 7.27.